The molecule has 1 aromatic carbocycles. The largest absolute Gasteiger partial charge is 0.385 e. The SMILES string of the molecule is C[C@@H](O)c1nc2ccccc2n1C. The van der Waals surface area contributed by atoms with Gasteiger partial charge >= 0.3 is 0 Å². The van der Waals surface area contributed by atoms with Crippen LogP contribution >= 0.6 is 0 Å². The molecule has 0 bridgehead atoms. The highest BCUT2D eigenvalue weighted by molar-refractivity contribution is 5.75. The highest BCUT2D eigenvalue weighted by atomic mass is 16.3. The topological polar surface area (TPSA) is 38.1 Å². The van der Waals surface area contributed by atoms with E-state index in [1.165, 1.54) is 0 Å². The molecule has 1 atom stereocenters. The van der Waals surface area contributed by atoms with E-state index in [4.69, 9.17) is 0 Å². The molecule has 0 unspecified atom stereocenters. The van der Waals surface area contributed by atoms with Gasteiger partial charge in [0.1, 0.15) is 11.9 Å². The summed E-state index contributed by atoms with van der Waals surface area (Å²) in [6.45, 7) is 1.72. The molecule has 68 valence electrons. The molecule has 0 saturated carbocycles. The summed E-state index contributed by atoms with van der Waals surface area (Å²) in [4.78, 5) is 4.32. The first kappa shape index (κ1) is 8.26. The Morgan fingerprint density at radius 3 is 2.69 bits per heavy atom. The van der Waals surface area contributed by atoms with Crippen LogP contribution in [-0.4, -0.2) is 14.7 Å². The lowest BCUT2D eigenvalue weighted by molar-refractivity contribution is 0.186. The van der Waals surface area contributed by atoms with E-state index in [1.54, 1.807) is 6.92 Å². The highest BCUT2D eigenvalue weighted by Crippen LogP contribution is 2.18. The molecule has 0 aliphatic carbocycles. The Balaban J connectivity index is 2.74. The maximum Gasteiger partial charge on any atom is 0.138 e. The van der Waals surface area contributed by atoms with Crippen molar-refractivity contribution >= 4 is 11.0 Å². The van der Waals surface area contributed by atoms with Crippen LogP contribution in [0, 0.1) is 0 Å². The Labute approximate surface area is 76.6 Å². The van der Waals surface area contributed by atoms with Crippen molar-refractivity contribution in [2.45, 2.75) is 13.0 Å². The fourth-order valence-corrected chi connectivity index (χ4v) is 1.54. The summed E-state index contributed by atoms with van der Waals surface area (Å²) >= 11 is 0. The predicted molar refractivity (Wildman–Crippen MR) is 51.3 cm³/mol. The van der Waals surface area contributed by atoms with Gasteiger partial charge in [-0.1, -0.05) is 12.1 Å². The van der Waals surface area contributed by atoms with Crippen LogP contribution in [0.4, 0.5) is 0 Å². The van der Waals surface area contributed by atoms with E-state index in [0.717, 1.165) is 11.0 Å². The quantitative estimate of drug-likeness (QED) is 0.717. The summed E-state index contributed by atoms with van der Waals surface area (Å²) in [6, 6.07) is 7.85. The van der Waals surface area contributed by atoms with Crippen LogP contribution in [0.2, 0.25) is 0 Å². The van der Waals surface area contributed by atoms with Gasteiger partial charge in [0.2, 0.25) is 0 Å². The van der Waals surface area contributed by atoms with Crippen molar-refractivity contribution in [2.75, 3.05) is 0 Å². The Kier molecular flexibility index (Phi) is 1.81. The molecule has 0 fully saturated rings. The number of hydrogen-bond acceptors (Lipinski definition) is 2. The molecule has 1 heterocycles. The fraction of sp³-hybridized carbons (Fsp3) is 0.300. The predicted octanol–water partition coefficient (Wildman–Crippen LogP) is 1.63. The van der Waals surface area contributed by atoms with Gasteiger partial charge < -0.3 is 9.67 Å². The monoisotopic (exact) mass is 176 g/mol. The van der Waals surface area contributed by atoms with Crippen LogP contribution in [0.5, 0.6) is 0 Å². The van der Waals surface area contributed by atoms with Crippen molar-refractivity contribution in [1.29, 1.82) is 0 Å². The Morgan fingerprint density at radius 1 is 1.38 bits per heavy atom. The van der Waals surface area contributed by atoms with E-state index in [-0.39, 0.29) is 0 Å². The minimum Gasteiger partial charge on any atom is -0.385 e. The number of aliphatic hydroxyl groups excluding tert-OH is 1. The van der Waals surface area contributed by atoms with E-state index < -0.39 is 6.10 Å². The smallest absolute Gasteiger partial charge is 0.138 e. The fourth-order valence-electron chi connectivity index (χ4n) is 1.54. The minimum atomic E-state index is -0.516. The average molecular weight is 176 g/mol. The Bertz CT molecular complexity index is 431. The number of fused-ring (bicyclic) bond motifs is 1. The zero-order valence-corrected chi connectivity index (χ0v) is 7.73. The van der Waals surface area contributed by atoms with Crippen molar-refractivity contribution in [3.8, 4) is 0 Å². The Hall–Kier alpha value is -1.35. The number of aryl methyl sites for hydroxylation is 1. The van der Waals surface area contributed by atoms with Crippen LogP contribution < -0.4 is 0 Å². The lowest BCUT2D eigenvalue weighted by Gasteiger charge is -2.03. The Morgan fingerprint density at radius 2 is 2.08 bits per heavy atom. The molecule has 0 amide bonds. The van der Waals surface area contributed by atoms with Gasteiger partial charge in [0.15, 0.2) is 0 Å². The second kappa shape index (κ2) is 2.85. The third-order valence-electron chi connectivity index (χ3n) is 2.20. The number of hydrogen-bond donors (Lipinski definition) is 1. The molecule has 3 heteroatoms. The molecule has 0 aliphatic rings. The lowest BCUT2D eigenvalue weighted by atomic mass is 10.3. The molecule has 13 heavy (non-hydrogen) atoms. The summed E-state index contributed by atoms with van der Waals surface area (Å²) in [6.07, 6.45) is -0.516. The molecule has 1 aromatic heterocycles. The van der Waals surface area contributed by atoms with E-state index >= 15 is 0 Å². The van der Waals surface area contributed by atoms with Crippen LogP contribution in [0.3, 0.4) is 0 Å². The van der Waals surface area contributed by atoms with E-state index in [2.05, 4.69) is 4.98 Å². The molecular formula is C10H12N2O. The summed E-state index contributed by atoms with van der Waals surface area (Å²) in [7, 11) is 1.91. The van der Waals surface area contributed by atoms with Gasteiger partial charge in [0.25, 0.3) is 0 Å². The number of rotatable bonds is 1. The number of aliphatic hydroxyl groups is 1. The zero-order chi connectivity index (χ0) is 9.42. The van der Waals surface area contributed by atoms with Crippen molar-refractivity contribution in [1.82, 2.24) is 9.55 Å². The summed E-state index contributed by atoms with van der Waals surface area (Å²) in [5.41, 5.74) is 1.99. The number of benzene rings is 1. The molecule has 2 rings (SSSR count). The van der Waals surface area contributed by atoms with E-state index in [9.17, 15) is 5.11 Å². The third kappa shape index (κ3) is 1.21. The second-order valence-electron chi connectivity index (χ2n) is 3.19. The van der Waals surface area contributed by atoms with Gasteiger partial charge in [-0.25, -0.2) is 4.98 Å². The zero-order valence-electron chi connectivity index (χ0n) is 7.73. The van der Waals surface area contributed by atoms with Crippen LogP contribution in [0.1, 0.15) is 18.9 Å². The first-order chi connectivity index (χ1) is 6.20. The van der Waals surface area contributed by atoms with Gasteiger partial charge in [0, 0.05) is 7.05 Å². The van der Waals surface area contributed by atoms with E-state index in [0.29, 0.717) is 5.82 Å². The third-order valence-corrected chi connectivity index (χ3v) is 2.20. The van der Waals surface area contributed by atoms with Crippen molar-refractivity contribution in [2.24, 2.45) is 7.05 Å². The van der Waals surface area contributed by atoms with Crippen LogP contribution in [-0.2, 0) is 7.05 Å². The van der Waals surface area contributed by atoms with Crippen molar-refractivity contribution < 1.29 is 5.11 Å². The van der Waals surface area contributed by atoms with Gasteiger partial charge in [-0.05, 0) is 19.1 Å². The molecule has 3 nitrogen and oxygen atoms in total. The average Bonchev–Trinajstić information content (AvgIpc) is 2.45. The first-order valence-corrected chi connectivity index (χ1v) is 4.29. The lowest BCUT2D eigenvalue weighted by Crippen LogP contribution is -2.01. The van der Waals surface area contributed by atoms with Crippen LogP contribution in [0.15, 0.2) is 24.3 Å². The molecule has 1 N–H and O–H groups in total. The molecular weight excluding hydrogens is 164 g/mol. The second-order valence-corrected chi connectivity index (χ2v) is 3.19. The molecule has 0 saturated heterocycles. The summed E-state index contributed by atoms with van der Waals surface area (Å²) < 4.78 is 1.92. The highest BCUT2D eigenvalue weighted by Gasteiger charge is 2.10. The maximum absolute atomic E-state index is 9.42. The van der Waals surface area contributed by atoms with Gasteiger partial charge in [-0.3, -0.25) is 0 Å². The van der Waals surface area contributed by atoms with Crippen molar-refractivity contribution in [3.05, 3.63) is 30.1 Å². The number of aromatic nitrogens is 2. The van der Waals surface area contributed by atoms with E-state index in [1.807, 2.05) is 35.9 Å². The van der Waals surface area contributed by atoms with Gasteiger partial charge in [0.05, 0.1) is 11.0 Å². The van der Waals surface area contributed by atoms with Crippen LogP contribution in [0.25, 0.3) is 11.0 Å². The number of imidazole rings is 1. The summed E-state index contributed by atoms with van der Waals surface area (Å²) in [5.74, 6) is 0.709. The first-order valence-electron chi connectivity index (χ1n) is 4.29. The molecule has 0 spiro atoms. The minimum absolute atomic E-state index is 0.516. The maximum atomic E-state index is 9.42. The normalized spacial score (nSPS) is 13.5. The van der Waals surface area contributed by atoms with Gasteiger partial charge in [-0.15, -0.1) is 0 Å². The standard InChI is InChI=1S/C10H12N2O/c1-7(13)10-11-8-5-3-4-6-9(8)12(10)2/h3-7,13H,1-2H3/t7-/m1/s1. The molecule has 0 radical (unpaired) electrons. The molecule has 2 aromatic rings. The number of nitrogens with zero attached hydrogens (tertiary/aromatic N) is 2. The summed E-state index contributed by atoms with van der Waals surface area (Å²) in [5, 5.41) is 9.42. The number of para-hydroxylation sites is 2. The molecule has 0 aliphatic heterocycles. The van der Waals surface area contributed by atoms with Gasteiger partial charge in [-0.2, -0.15) is 0 Å². The van der Waals surface area contributed by atoms with Crippen molar-refractivity contribution in [3.63, 3.8) is 0 Å².